The second-order valence-corrected chi connectivity index (χ2v) is 4.99. The largest absolute Gasteiger partial charge is 0.481 e. The Balaban J connectivity index is 2.09. The number of nitrogens with zero attached hydrogens (tertiary/aromatic N) is 1. The minimum atomic E-state index is -0.0419. The third kappa shape index (κ3) is 2.52. The molecule has 0 spiro atoms. The molecule has 0 aliphatic carbocycles. The van der Waals surface area contributed by atoms with Gasteiger partial charge in [-0.1, -0.05) is 24.3 Å². The van der Waals surface area contributed by atoms with Crippen molar-refractivity contribution >= 4 is 10.8 Å². The number of benzene rings is 1. The lowest BCUT2D eigenvalue weighted by Gasteiger charge is -2.10. The van der Waals surface area contributed by atoms with Crippen LogP contribution in [-0.2, 0) is 6.42 Å². The topological polar surface area (TPSA) is 55.0 Å². The van der Waals surface area contributed by atoms with E-state index in [9.17, 15) is 4.79 Å². The fourth-order valence-electron chi connectivity index (χ4n) is 2.53. The third-order valence-electron chi connectivity index (χ3n) is 3.64. The van der Waals surface area contributed by atoms with Crippen LogP contribution in [0, 0.1) is 6.92 Å². The molecule has 0 atom stereocenters. The van der Waals surface area contributed by atoms with E-state index in [1.54, 1.807) is 13.3 Å². The van der Waals surface area contributed by atoms with Crippen molar-refractivity contribution in [3.8, 4) is 5.88 Å². The predicted molar refractivity (Wildman–Crippen MR) is 82.9 cm³/mol. The van der Waals surface area contributed by atoms with Gasteiger partial charge in [0, 0.05) is 29.8 Å². The number of ether oxygens (including phenoxy) is 1. The number of rotatable bonds is 3. The number of hydrogen-bond acceptors (Lipinski definition) is 3. The molecule has 2 aromatic heterocycles. The van der Waals surface area contributed by atoms with E-state index < -0.39 is 0 Å². The number of aromatic nitrogens is 2. The number of nitrogens with one attached hydrogen (secondary N) is 1. The van der Waals surface area contributed by atoms with Gasteiger partial charge < -0.3 is 9.72 Å². The van der Waals surface area contributed by atoms with Crippen LogP contribution < -0.4 is 10.3 Å². The Hall–Kier alpha value is -2.62. The highest BCUT2D eigenvalue weighted by Gasteiger charge is 2.09. The van der Waals surface area contributed by atoms with Gasteiger partial charge in [0.05, 0.1) is 7.11 Å². The number of H-pyrrole nitrogens is 1. The Morgan fingerprint density at radius 1 is 1.14 bits per heavy atom. The smallest absolute Gasteiger partial charge is 0.256 e. The van der Waals surface area contributed by atoms with Gasteiger partial charge in [-0.2, -0.15) is 0 Å². The van der Waals surface area contributed by atoms with Gasteiger partial charge >= 0.3 is 0 Å². The molecule has 2 heterocycles. The molecular weight excluding hydrogens is 264 g/mol. The first-order valence-corrected chi connectivity index (χ1v) is 6.78. The molecule has 0 amide bonds. The number of hydrogen-bond donors (Lipinski definition) is 1. The van der Waals surface area contributed by atoms with E-state index in [4.69, 9.17) is 4.74 Å². The van der Waals surface area contributed by atoms with Crippen LogP contribution in [0.25, 0.3) is 10.8 Å². The van der Waals surface area contributed by atoms with Crippen LogP contribution >= 0.6 is 0 Å². The number of methoxy groups -OCH3 is 1. The summed E-state index contributed by atoms with van der Waals surface area (Å²) in [5.74, 6) is 0.599. The van der Waals surface area contributed by atoms with E-state index in [0.29, 0.717) is 5.88 Å². The number of pyridine rings is 2. The van der Waals surface area contributed by atoms with Crippen molar-refractivity contribution in [1.82, 2.24) is 9.97 Å². The molecule has 106 valence electrons. The lowest BCUT2D eigenvalue weighted by Crippen LogP contribution is -2.11. The fraction of sp³-hybridized carbons (Fsp3) is 0.176. The van der Waals surface area contributed by atoms with Crippen molar-refractivity contribution in [2.75, 3.05) is 7.11 Å². The highest BCUT2D eigenvalue weighted by Crippen LogP contribution is 2.21. The first-order chi connectivity index (χ1) is 10.2. The zero-order valence-electron chi connectivity index (χ0n) is 12.0. The van der Waals surface area contributed by atoms with Gasteiger partial charge in [0.25, 0.3) is 5.56 Å². The molecule has 0 saturated heterocycles. The minimum absolute atomic E-state index is 0.0419. The first-order valence-electron chi connectivity index (χ1n) is 6.78. The number of aryl methyl sites for hydroxylation is 1. The van der Waals surface area contributed by atoms with Gasteiger partial charge in [0.1, 0.15) is 0 Å². The molecule has 4 nitrogen and oxygen atoms in total. The monoisotopic (exact) mass is 280 g/mol. The second-order valence-electron chi connectivity index (χ2n) is 4.99. The third-order valence-corrected chi connectivity index (χ3v) is 3.64. The molecule has 0 unspecified atom stereocenters. The van der Waals surface area contributed by atoms with E-state index in [1.165, 1.54) is 0 Å². The van der Waals surface area contributed by atoms with E-state index in [0.717, 1.165) is 34.0 Å². The highest BCUT2D eigenvalue weighted by atomic mass is 16.5. The molecule has 0 bridgehead atoms. The SMILES string of the molecule is COc1ccc(Cc2c(C)[nH]c(=O)c3ccccc23)cn1. The lowest BCUT2D eigenvalue weighted by atomic mass is 9.99. The van der Waals surface area contributed by atoms with Crippen molar-refractivity contribution in [2.45, 2.75) is 13.3 Å². The van der Waals surface area contributed by atoms with Crippen LogP contribution in [0.1, 0.15) is 16.8 Å². The molecule has 3 aromatic rings. The summed E-state index contributed by atoms with van der Waals surface area (Å²) in [5.41, 5.74) is 3.06. The molecule has 1 N–H and O–H groups in total. The lowest BCUT2D eigenvalue weighted by molar-refractivity contribution is 0.397. The molecule has 0 radical (unpaired) electrons. The maximum Gasteiger partial charge on any atom is 0.256 e. The second kappa shape index (κ2) is 5.40. The zero-order chi connectivity index (χ0) is 14.8. The molecule has 0 aliphatic rings. The molecule has 3 rings (SSSR count). The number of aromatic amines is 1. The van der Waals surface area contributed by atoms with Crippen molar-refractivity contribution in [3.05, 3.63) is 69.8 Å². The zero-order valence-corrected chi connectivity index (χ0v) is 12.0. The van der Waals surface area contributed by atoms with Crippen LogP contribution in [0.2, 0.25) is 0 Å². The van der Waals surface area contributed by atoms with Crippen molar-refractivity contribution in [2.24, 2.45) is 0 Å². The molecule has 0 fully saturated rings. The standard InChI is InChI=1S/C17H16N2O2/c1-11-15(9-12-7-8-16(21-2)18-10-12)13-5-3-4-6-14(13)17(20)19-11/h3-8,10H,9H2,1-2H3,(H,19,20). The summed E-state index contributed by atoms with van der Waals surface area (Å²) in [4.78, 5) is 19.2. The van der Waals surface area contributed by atoms with E-state index >= 15 is 0 Å². The average molecular weight is 280 g/mol. The van der Waals surface area contributed by atoms with Crippen LogP contribution in [0.15, 0.2) is 47.4 Å². The Labute approximate surface area is 122 Å². The molecule has 21 heavy (non-hydrogen) atoms. The maximum atomic E-state index is 12.0. The van der Waals surface area contributed by atoms with Crippen molar-refractivity contribution < 1.29 is 4.74 Å². The quantitative estimate of drug-likeness (QED) is 0.802. The van der Waals surface area contributed by atoms with E-state index in [-0.39, 0.29) is 5.56 Å². The molecular formula is C17H16N2O2. The normalized spacial score (nSPS) is 10.8. The van der Waals surface area contributed by atoms with Crippen LogP contribution in [-0.4, -0.2) is 17.1 Å². The summed E-state index contributed by atoms with van der Waals surface area (Å²) in [7, 11) is 1.60. The average Bonchev–Trinajstić information content (AvgIpc) is 2.52. The van der Waals surface area contributed by atoms with Crippen LogP contribution in [0.5, 0.6) is 5.88 Å². The molecule has 1 aromatic carbocycles. The van der Waals surface area contributed by atoms with Gasteiger partial charge in [-0.15, -0.1) is 0 Å². The molecule has 0 aliphatic heterocycles. The fourth-order valence-corrected chi connectivity index (χ4v) is 2.53. The highest BCUT2D eigenvalue weighted by molar-refractivity contribution is 5.85. The maximum absolute atomic E-state index is 12.0. The van der Waals surface area contributed by atoms with Crippen LogP contribution in [0.3, 0.4) is 0 Å². The summed E-state index contributed by atoms with van der Waals surface area (Å²) >= 11 is 0. The summed E-state index contributed by atoms with van der Waals surface area (Å²) in [6.45, 7) is 1.93. The van der Waals surface area contributed by atoms with Gasteiger partial charge in [-0.3, -0.25) is 4.79 Å². The van der Waals surface area contributed by atoms with Crippen LogP contribution in [0.4, 0.5) is 0 Å². The Kier molecular flexibility index (Phi) is 3.44. The summed E-state index contributed by atoms with van der Waals surface area (Å²) < 4.78 is 5.07. The number of fused-ring (bicyclic) bond motifs is 1. The van der Waals surface area contributed by atoms with Crippen molar-refractivity contribution in [1.29, 1.82) is 0 Å². The summed E-state index contributed by atoms with van der Waals surface area (Å²) in [5, 5.41) is 1.72. The summed E-state index contributed by atoms with van der Waals surface area (Å²) in [6, 6.07) is 11.5. The van der Waals surface area contributed by atoms with Gasteiger partial charge in [-0.05, 0) is 29.5 Å². The van der Waals surface area contributed by atoms with Gasteiger partial charge in [0.15, 0.2) is 0 Å². The Morgan fingerprint density at radius 2 is 1.90 bits per heavy atom. The van der Waals surface area contributed by atoms with E-state index in [2.05, 4.69) is 9.97 Å². The van der Waals surface area contributed by atoms with Crippen molar-refractivity contribution in [3.63, 3.8) is 0 Å². The van der Waals surface area contributed by atoms with Gasteiger partial charge in [-0.25, -0.2) is 4.98 Å². The molecule has 4 heteroatoms. The van der Waals surface area contributed by atoms with Gasteiger partial charge in [0.2, 0.25) is 5.88 Å². The Bertz CT molecular complexity index is 836. The van der Waals surface area contributed by atoms with E-state index in [1.807, 2.05) is 43.3 Å². The Morgan fingerprint density at radius 3 is 2.57 bits per heavy atom. The molecule has 0 saturated carbocycles. The minimum Gasteiger partial charge on any atom is -0.481 e. The first kappa shape index (κ1) is 13.4. The summed E-state index contributed by atoms with van der Waals surface area (Å²) in [6.07, 6.45) is 2.53. The predicted octanol–water partition coefficient (Wildman–Crippen LogP) is 2.83.